The third-order valence-electron chi connectivity index (χ3n) is 4.31. The Morgan fingerprint density at radius 1 is 0.933 bits per heavy atom. The highest BCUT2D eigenvalue weighted by molar-refractivity contribution is 5.94. The first kappa shape index (κ1) is 20.7. The van der Waals surface area contributed by atoms with Crippen LogP contribution in [0.5, 0.6) is 23.0 Å². The molecule has 0 saturated heterocycles. The van der Waals surface area contributed by atoms with Crippen LogP contribution >= 0.6 is 0 Å². The summed E-state index contributed by atoms with van der Waals surface area (Å²) in [5.74, 6) is 2.06. The molecule has 1 amide bonds. The zero-order valence-corrected chi connectivity index (χ0v) is 17.1. The van der Waals surface area contributed by atoms with Crippen molar-refractivity contribution < 1.29 is 23.7 Å². The van der Waals surface area contributed by atoms with Crippen LogP contribution in [0.4, 0.5) is 0 Å². The average Bonchev–Trinajstić information content (AvgIpc) is 3.28. The molecule has 0 unspecified atom stereocenters. The van der Waals surface area contributed by atoms with E-state index in [1.165, 1.54) is 6.21 Å². The molecule has 0 atom stereocenters. The van der Waals surface area contributed by atoms with Crippen molar-refractivity contribution in [1.82, 2.24) is 15.6 Å². The fraction of sp³-hybridized carbons (Fsp3) is 0.190. The van der Waals surface area contributed by atoms with Crippen LogP contribution in [0.3, 0.4) is 0 Å². The van der Waals surface area contributed by atoms with Gasteiger partial charge >= 0.3 is 0 Å². The van der Waals surface area contributed by atoms with Crippen molar-refractivity contribution in [2.75, 3.05) is 28.4 Å². The second-order valence-electron chi connectivity index (χ2n) is 6.04. The summed E-state index contributed by atoms with van der Waals surface area (Å²) in [5, 5.41) is 10.9. The van der Waals surface area contributed by atoms with Crippen LogP contribution in [-0.4, -0.2) is 50.8 Å². The van der Waals surface area contributed by atoms with E-state index in [-0.39, 0.29) is 5.69 Å². The summed E-state index contributed by atoms with van der Waals surface area (Å²) in [5.41, 5.74) is 4.58. The molecular weight excluding hydrogens is 388 g/mol. The number of nitrogens with zero attached hydrogens (tertiary/aromatic N) is 2. The number of carbonyl (C=O) groups excluding carboxylic acids is 1. The molecule has 0 aliphatic carbocycles. The fourth-order valence-corrected chi connectivity index (χ4v) is 2.75. The molecule has 0 spiro atoms. The van der Waals surface area contributed by atoms with Crippen molar-refractivity contribution in [2.45, 2.75) is 0 Å². The minimum Gasteiger partial charge on any atom is -0.497 e. The molecule has 30 heavy (non-hydrogen) atoms. The maximum atomic E-state index is 12.4. The molecule has 3 aromatic rings. The van der Waals surface area contributed by atoms with E-state index in [1.54, 1.807) is 70.9 Å². The quantitative estimate of drug-likeness (QED) is 0.437. The topological polar surface area (TPSA) is 107 Å². The van der Waals surface area contributed by atoms with Gasteiger partial charge in [0.15, 0.2) is 0 Å². The molecule has 0 aliphatic heterocycles. The van der Waals surface area contributed by atoms with E-state index in [2.05, 4.69) is 20.7 Å². The lowest BCUT2D eigenvalue weighted by Crippen LogP contribution is -2.18. The number of hydrogen-bond acceptors (Lipinski definition) is 7. The number of aromatic amines is 1. The maximum absolute atomic E-state index is 12.4. The summed E-state index contributed by atoms with van der Waals surface area (Å²) in [6.45, 7) is 0. The minimum atomic E-state index is -0.450. The fourth-order valence-electron chi connectivity index (χ4n) is 2.75. The highest BCUT2D eigenvalue weighted by atomic mass is 16.5. The molecule has 3 rings (SSSR count). The van der Waals surface area contributed by atoms with Gasteiger partial charge in [-0.15, -0.1) is 0 Å². The number of methoxy groups -OCH3 is 4. The van der Waals surface area contributed by atoms with Crippen LogP contribution in [0.15, 0.2) is 47.6 Å². The Bertz CT molecular complexity index is 1060. The van der Waals surface area contributed by atoms with E-state index in [4.69, 9.17) is 18.9 Å². The molecule has 9 nitrogen and oxygen atoms in total. The summed E-state index contributed by atoms with van der Waals surface area (Å²) in [4.78, 5) is 12.4. The molecule has 0 bridgehead atoms. The van der Waals surface area contributed by atoms with Crippen LogP contribution in [0.25, 0.3) is 11.3 Å². The number of H-pyrrole nitrogens is 1. The van der Waals surface area contributed by atoms with Gasteiger partial charge in [-0.25, -0.2) is 5.43 Å². The van der Waals surface area contributed by atoms with E-state index in [0.717, 1.165) is 0 Å². The van der Waals surface area contributed by atoms with Crippen LogP contribution in [-0.2, 0) is 0 Å². The highest BCUT2D eigenvalue weighted by Crippen LogP contribution is 2.32. The van der Waals surface area contributed by atoms with Crippen LogP contribution in [0, 0.1) is 0 Å². The van der Waals surface area contributed by atoms with Gasteiger partial charge in [-0.3, -0.25) is 9.89 Å². The second-order valence-corrected chi connectivity index (χ2v) is 6.04. The van der Waals surface area contributed by atoms with E-state index >= 15 is 0 Å². The van der Waals surface area contributed by atoms with Crippen LogP contribution in [0.2, 0.25) is 0 Å². The molecule has 2 aromatic carbocycles. The zero-order chi connectivity index (χ0) is 21.5. The predicted molar refractivity (Wildman–Crippen MR) is 112 cm³/mol. The number of hydrogen-bond donors (Lipinski definition) is 2. The molecule has 2 N–H and O–H groups in total. The Morgan fingerprint density at radius 3 is 2.27 bits per heavy atom. The lowest BCUT2D eigenvalue weighted by atomic mass is 10.1. The smallest absolute Gasteiger partial charge is 0.289 e. The van der Waals surface area contributed by atoms with E-state index < -0.39 is 5.91 Å². The summed E-state index contributed by atoms with van der Waals surface area (Å²) >= 11 is 0. The number of aromatic nitrogens is 2. The molecule has 0 fully saturated rings. The van der Waals surface area contributed by atoms with Gasteiger partial charge in [0.05, 0.1) is 40.3 Å². The van der Waals surface area contributed by atoms with Gasteiger partial charge in [-0.05, 0) is 42.5 Å². The molecule has 0 radical (unpaired) electrons. The van der Waals surface area contributed by atoms with Gasteiger partial charge in [-0.1, -0.05) is 0 Å². The van der Waals surface area contributed by atoms with Gasteiger partial charge in [0, 0.05) is 11.1 Å². The normalized spacial score (nSPS) is 10.7. The standard InChI is InChI=1S/C21H22N4O5/c1-27-14-5-7-19(29-3)13(9-14)12-22-25-21(26)18-11-17(23-24-18)16-10-15(28-2)6-8-20(16)30-4/h5-12H,1-4H3,(H,23,24)(H,25,26). The van der Waals surface area contributed by atoms with Crippen LogP contribution < -0.4 is 24.4 Å². The van der Waals surface area contributed by atoms with E-state index in [1.807, 2.05) is 0 Å². The van der Waals surface area contributed by atoms with Crippen molar-refractivity contribution in [2.24, 2.45) is 5.10 Å². The summed E-state index contributed by atoms with van der Waals surface area (Å²) < 4.78 is 21.1. The lowest BCUT2D eigenvalue weighted by Gasteiger charge is -2.08. The Labute approximate surface area is 173 Å². The molecule has 0 aliphatic rings. The average molecular weight is 410 g/mol. The summed E-state index contributed by atoms with van der Waals surface area (Å²) in [6.07, 6.45) is 1.47. The Morgan fingerprint density at radius 2 is 1.60 bits per heavy atom. The maximum Gasteiger partial charge on any atom is 0.289 e. The third kappa shape index (κ3) is 4.52. The Balaban J connectivity index is 1.76. The number of amides is 1. The Hall–Kier alpha value is -4.01. The second kappa shape index (κ2) is 9.46. The number of rotatable bonds is 8. The minimum absolute atomic E-state index is 0.240. The largest absolute Gasteiger partial charge is 0.497 e. The van der Waals surface area contributed by atoms with E-state index in [9.17, 15) is 4.79 Å². The number of ether oxygens (including phenoxy) is 4. The first-order valence-electron chi connectivity index (χ1n) is 8.92. The summed E-state index contributed by atoms with van der Waals surface area (Å²) in [7, 11) is 6.26. The number of benzene rings is 2. The first-order valence-corrected chi connectivity index (χ1v) is 8.92. The van der Waals surface area contributed by atoms with Crippen molar-refractivity contribution in [1.29, 1.82) is 0 Å². The molecule has 1 heterocycles. The zero-order valence-electron chi connectivity index (χ0n) is 17.1. The number of carbonyl (C=O) groups is 1. The highest BCUT2D eigenvalue weighted by Gasteiger charge is 2.14. The number of hydrazone groups is 1. The number of nitrogens with one attached hydrogen (secondary N) is 2. The van der Waals surface area contributed by atoms with Crippen molar-refractivity contribution in [3.05, 3.63) is 53.7 Å². The van der Waals surface area contributed by atoms with Gasteiger partial charge in [0.2, 0.25) is 0 Å². The van der Waals surface area contributed by atoms with Crippen molar-refractivity contribution in [3.8, 4) is 34.3 Å². The molecule has 156 valence electrons. The molecular formula is C21H22N4O5. The SMILES string of the molecule is COc1ccc(OC)c(C=NNC(=O)c2cc(-c3cc(OC)ccc3OC)n[nH]2)c1. The van der Waals surface area contributed by atoms with Crippen molar-refractivity contribution >= 4 is 12.1 Å². The predicted octanol–water partition coefficient (Wildman–Crippen LogP) is 2.88. The molecule has 0 saturated carbocycles. The van der Waals surface area contributed by atoms with Crippen LogP contribution in [0.1, 0.15) is 16.1 Å². The summed E-state index contributed by atoms with van der Waals surface area (Å²) in [6, 6.07) is 12.2. The van der Waals surface area contributed by atoms with Gasteiger partial charge in [0.1, 0.15) is 28.7 Å². The lowest BCUT2D eigenvalue weighted by molar-refractivity contribution is 0.0950. The van der Waals surface area contributed by atoms with Gasteiger partial charge in [-0.2, -0.15) is 10.2 Å². The van der Waals surface area contributed by atoms with Gasteiger partial charge < -0.3 is 18.9 Å². The Kier molecular flexibility index (Phi) is 6.53. The van der Waals surface area contributed by atoms with Gasteiger partial charge in [0.25, 0.3) is 5.91 Å². The third-order valence-corrected chi connectivity index (χ3v) is 4.31. The van der Waals surface area contributed by atoms with Crippen molar-refractivity contribution in [3.63, 3.8) is 0 Å². The monoisotopic (exact) mass is 410 g/mol. The molecule has 9 heteroatoms. The first-order chi connectivity index (χ1) is 14.6. The van der Waals surface area contributed by atoms with E-state index in [0.29, 0.717) is 39.8 Å². The molecule has 1 aromatic heterocycles.